The molecule has 1 N–H and O–H groups in total. The molecule has 1 unspecified atom stereocenters. The van der Waals surface area contributed by atoms with E-state index < -0.39 is 0 Å². The summed E-state index contributed by atoms with van der Waals surface area (Å²) in [5, 5.41) is 3.02. The zero-order chi connectivity index (χ0) is 8.97. The molecular weight excluding hydrogens is 155 g/mol. The molecule has 1 aromatic rings. The molecule has 0 saturated carbocycles. The zero-order valence-corrected chi connectivity index (χ0v) is 6.92. The molecule has 1 atom stereocenters. The smallest absolute Gasteiger partial charge is 0.141 e. The van der Waals surface area contributed by atoms with E-state index in [-0.39, 0.29) is 11.9 Å². The third-order valence-electron chi connectivity index (χ3n) is 1.46. The number of aromatic nitrogens is 1. The first-order chi connectivity index (χ1) is 5.72. The van der Waals surface area contributed by atoms with Crippen molar-refractivity contribution in [1.82, 2.24) is 4.98 Å². The van der Waals surface area contributed by atoms with Crippen molar-refractivity contribution in [3.63, 3.8) is 0 Å². The van der Waals surface area contributed by atoms with Gasteiger partial charge in [-0.1, -0.05) is 6.08 Å². The van der Waals surface area contributed by atoms with E-state index in [2.05, 4.69) is 16.9 Å². The predicted molar refractivity (Wildman–Crippen MR) is 47.5 cm³/mol. The molecule has 0 bridgehead atoms. The van der Waals surface area contributed by atoms with E-state index in [0.717, 1.165) is 0 Å². The van der Waals surface area contributed by atoms with Gasteiger partial charge in [0.2, 0.25) is 0 Å². The first-order valence-corrected chi connectivity index (χ1v) is 3.73. The van der Waals surface area contributed by atoms with E-state index in [0.29, 0.717) is 5.82 Å². The van der Waals surface area contributed by atoms with Gasteiger partial charge < -0.3 is 5.32 Å². The standard InChI is InChI=1S/C9H11FN2/c1-3-7(2)12-9-5-4-8(10)6-11-9/h3-7H,1H2,2H3,(H,11,12). The molecule has 0 spiro atoms. The fourth-order valence-corrected chi connectivity index (χ4v) is 0.753. The quantitative estimate of drug-likeness (QED) is 0.696. The van der Waals surface area contributed by atoms with Crippen LogP contribution in [-0.2, 0) is 0 Å². The molecule has 1 rings (SSSR count). The summed E-state index contributed by atoms with van der Waals surface area (Å²) >= 11 is 0. The fraction of sp³-hybridized carbons (Fsp3) is 0.222. The van der Waals surface area contributed by atoms with Crippen LogP contribution in [-0.4, -0.2) is 11.0 Å². The average Bonchev–Trinajstić information content (AvgIpc) is 2.09. The van der Waals surface area contributed by atoms with Crippen molar-refractivity contribution in [3.05, 3.63) is 36.8 Å². The summed E-state index contributed by atoms with van der Waals surface area (Å²) in [5.41, 5.74) is 0. The van der Waals surface area contributed by atoms with Gasteiger partial charge in [-0.05, 0) is 19.1 Å². The summed E-state index contributed by atoms with van der Waals surface area (Å²) in [6, 6.07) is 3.10. The third-order valence-corrected chi connectivity index (χ3v) is 1.46. The number of nitrogens with zero attached hydrogens (tertiary/aromatic N) is 1. The first-order valence-electron chi connectivity index (χ1n) is 3.73. The number of halogens is 1. The first kappa shape index (κ1) is 8.71. The van der Waals surface area contributed by atoms with E-state index in [1.165, 1.54) is 12.3 Å². The van der Waals surface area contributed by atoms with Gasteiger partial charge in [-0.15, -0.1) is 6.58 Å². The van der Waals surface area contributed by atoms with Crippen molar-refractivity contribution in [2.24, 2.45) is 0 Å². The summed E-state index contributed by atoms with van der Waals surface area (Å²) in [6.07, 6.45) is 2.93. The second-order valence-electron chi connectivity index (χ2n) is 2.53. The van der Waals surface area contributed by atoms with Crippen LogP contribution < -0.4 is 5.32 Å². The van der Waals surface area contributed by atoms with Gasteiger partial charge in [0.25, 0.3) is 0 Å². The van der Waals surface area contributed by atoms with Crippen molar-refractivity contribution in [1.29, 1.82) is 0 Å². The van der Waals surface area contributed by atoms with Crippen molar-refractivity contribution < 1.29 is 4.39 Å². The predicted octanol–water partition coefficient (Wildman–Crippen LogP) is 2.21. The van der Waals surface area contributed by atoms with Crippen LogP contribution in [0.15, 0.2) is 31.0 Å². The van der Waals surface area contributed by atoms with Crippen molar-refractivity contribution in [2.45, 2.75) is 13.0 Å². The lowest BCUT2D eigenvalue weighted by Crippen LogP contribution is -2.12. The Kier molecular flexibility index (Phi) is 2.80. The highest BCUT2D eigenvalue weighted by atomic mass is 19.1. The highest BCUT2D eigenvalue weighted by molar-refractivity contribution is 5.35. The van der Waals surface area contributed by atoms with E-state index >= 15 is 0 Å². The third kappa shape index (κ3) is 2.34. The summed E-state index contributed by atoms with van der Waals surface area (Å²) < 4.78 is 12.4. The molecule has 1 aromatic heterocycles. The molecule has 12 heavy (non-hydrogen) atoms. The fourth-order valence-electron chi connectivity index (χ4n) is 0.753. The topological polar surface area (TPSA) is 24.9 Å². The molecule has 0 aliphatic carbocycles. The van der Waals surface area contributed by atoms with E-state index in [9.17, 15) is 4.39 Å². The van der Waals surface area contributed by atoms with E-state index in [1.807, 2.05) is 6.92 Å². The lowest BCUT2D eigenvalue weighted by atomic mass is 10.3. The second kappa shape index (κ2) is 3.85. The molecular formula is C9H11FN2. The van der Waals surface area contributed by atoms with Gasteiger partial charge in [0.15, 0.2) is 0 Å². The van der Waals surface area contributed by atoms with Gasteiger partial charge in [0, 0.05) is 6.04 Å². The Labute approximate surface area is 71.1 Å². The van der Waals surface area contributed by atoms with Crippen LogP contribution in [0.2, 0.25) is 0 Å². The Morgan fingerprint density at radius 2 is 2.42 bits per heavy atom. The van der Waals surface area contributed by atoms with Gasteiger partial charge in [0.1, 0.15) is 11.6 Å². The molecule has 2 nitrogen and oxygen atoms in total. The van der Waals surface area contributed by atoms with Gasteiger partial charge in [-0.2, -0.15) is 0 Å². The molecule has 64 valence electrons. The summed E-state index contributed by atoms with van der Waals surface area (Å²) in [5.74, 6) is 0.329. The Morgan fingerprint density at radius 3 is 2.92 bits per heavy atom. The Balaban J connectivity index is 2.64. The maximum absolute atomic E-state index is 12.4. The molecule has 1 heterocycles. The number of hydrogen-bond donors (Lipinski definition) is 1. The SMILES string of the molecule is C=CC(C)Nc1ccc(F)cn1. The Bertz CT molecular complexity index is 256. The molecule has 0 amide bonds. The van der Waals surface area contributed by atoms with Crippen molar-refractivity contribution in [2.75, 3.05) is 5.32 Å². The lowest BCUT2D eigenvalue weighted by molar-refractivity contribution is 0.621. The van der Waals surface area contributed by atoms with Crippen LogP contribution in [0.3, 0.4) is 0 Å². The highest BCUT2D eigenvalue weighted by Crippen LogP contribution is 2.04. The van der Waals surface area contributed by atoms with Crippen LogP contribution in [0.25, 0.3) is 0 Å². The van der Waals surface area contributed by atoms with Crippen LogP contribution >= 0.6 is 0 Å². The zero-order valence-electron chi connectivity index (χ0n) is 6.92. The van der Waals surface area contributed by atoms with Crippen molar-refractivity contribution in [3.8, 4) is 0 Å². The van der Waals surface area contributed by atoms with Gasteiger partial charge in [-0.3, -0.25) is 0 Å². The Morgan fingerprint density at radius 1 is 1.67 bits per heavy atom. The molecule has 0 aromatic carbocycles. The lowest BCUT2D eigenvalue weighted by Gasteiger charge is -2.08. The minimum atomic E-state index is -0.327. The summed E-state index contributed by atoms with van der Waals surface area (Å²) in [4.78, 5) is 3.83. The van der Waals surface area contributed by atoms with Crippen LogP contribution in [0.1, 0.15) is 6.92 Å². The molecule has 0 fully saturated rings. The minimum absolute atomic E-state index is 0.142. The Hall–Kier alpha value is -1.38. The van der Waals surface area contributed by atoms with Crippen LogP contribution in [0.5, 0.6) is 0 Å². The van der Waals surface area contributed by atoms with E-state index in [4.69, 9.17) is 0 Å². The monoisotopic (exact) mass is 166 g/mol. The molecule has 0 aliphatic heterocycles. The molecule has 0 radical (unpaired) electrons. The normalized spacial score (nSPS) is 12.2. The van der Waals surface area contributed by atoms with E-state index in [1.54, 1.807) is 12.1 Å². The number of rotatable bonds is 3. The molecule has 3 heteroatoms. The van der Waals surface area contributed by atoms with Gasteiger partial charge >= 0.3 is 0 Å². The largest absolute Gasteiger partial charge is 0.364 e. The number of anilines is 1. The minimum Gasteiger partial charge on any atom is -0.364 e. The van der Waals surface area contributed by atoms with Gasteiger partial charge in [0.05, 0.1) is 6.20 Å². The maximum Gasteiger partial charge on any atom is 0.141 e. The maximum atomic E-state index is 12.4. The number of hydrogen-bond acceptors (Lipinski definition) is 2. The van der Waals surface area contributed by atoms with Crippen LogP contribution in [0, 0.1) is 5.82 Å². The second-order valence-corrected chi connectivity index (χ2v) is 2.53. The molecule has 0 saturated heterocycles. The van der Waals surface area contributed by atoms with Gasteiger partial charge in [-0.25, -0.2) is 9.37 Å². The summed E-state index contributed by atoms with van der Waals surface area (Å²) in [7, 11) is 0. The summed E-state index contributed by atoms with van der Waals surface area (Å²) in [6.45, 7) is 5.55. The molecule has 0 aliphatic rings. The average molecular weight is 166 g/mol. The highest BCUT2D eigenvalue weighted by Gasteiger charge is 1.97. The van der Waals surface area contributed by atoms with Crippen molar-refractivity contribution >= 4 is 5.82 Å². The number of pyridine rings is 1. The van der Waals surface area contributed by atoms with Crippen LogP contribution in [0.4, 0.5) is 10.2 Å². The number of nitrogens with one attached hydrogen (secondary N) is 1.